The lowest BCUT2D eigenvalue weighted by molar-refractivity contribution is -0.119. The van der Waals surface area contributed by atoms with E-state index in [1.54, 1.807) is 6.07 Å². The number of amides is 1. The summed E-state index contributed by atoms with van der Waals surface area (Å²) in [4.78, 5) is 27.5. The third-order valence-corrected chi connectivity index (χ3v) is 4.87. The number of ether oxygens (including phenoxy) is 1. The molecule has 0 aliphatic heterocycles. The average Bonchev–Trinajstić information content (AvgIpc) is 3.02. The molecule has 0 aliphatic carbocycles. The maximum atomic E-state index is 13.6. The van der Waals surface area contributed by atoms with E-state index in [-0.39, 0.29) is 21.1 Å². The van der Waals surface area contributed by atoms with Crippen molar-refractivity contribution in [1.82, 2.24) is 4.98 Å². The number of phenols is 1. The second-order valence-electron chi connectivity index (χ2n) is 5.14. The molecule has 11 heteroatoms. The Labute approximate surface area is 167 Å². The van der Waals surface area contributed by atoms with Crippen molar-refractivity contribution >= 4 is 61.2 Å². The molecule has 1 amide bonds. The molecule has 1 aromatic heterocycles. The molecule has 2 N–H and O–H groups in total. The van der Waals surface area contributed by atoms with Gasteiger partial charge in [0.2, 0.25) is 0 Å². The monoisotopic (exact) mass is 508 g/mol. The van der Waals surface area contributed by atoms with E-state index in [0.717, 1.165) is 17.4 Å². The van der Waals surface area contributed by atoms with E-state index in [1.807, 2.05) is 22.6 Å². The van der Waals surface area contributed by atoms with E-state index >= 15 is 0 Å². The zero-order chi connectivity index (χ0) is 19.7. The highest BCUT2D eigenvalue weighted by Crippen LogP contribution is 2.30. The summed E-state index contributed by atoms with van der Waals surface area (Å²) < 4.78 is 45.6. The van der Waals surface area contributed by atoms with E-state index in [1.165, 1.54) is 12.1 Å². The number of esters is 1. The summed E-state index contributed by atoms with van der Waals surface area (Å²) >= 11 is 2.66. The Hall–Kier alpha value is -2.41. The molecule has 0 aliphatic rings. The maximum Gasteiger partial charge on any atom is 0.342 e. The molecule has 0 atom stereocenters. The van der Waals surface area contributed by atoms with Gasteiger partial charge >= 0.3 is 5.97 Å². The van der Waals surface area contributed by atoms with Crippen LogP contribution in [-0.2, 0) is 9.53 Å². The molecule has 1 heterocycles. The average molecular weight is 508 g/mol. The van der Waals surface area contributed by atoms with Crippen molar-refractivity contribution in [1.29, 1.82) is 0 Å². The summed E-state index contributed by atoms with van der Waals surface area (Å²) in [6.45, 7) is -0.703. The molecular formula is C16H8F3IN2O4S. The van der Waals surface area contributed by atoms with Crippen molar-refractivity contribution in [2.45, 2.75) is 0 Å². The van der Waals surface area contributed by atoms with Crippen molar-refractivity contribution in [2.75, 3.05) is 11.9 Å². The number of carbonyl (C=O) groups excluding carboxylic acids is 2. The number of hydrogen-bond donors (Lipinski definition) is 2. The molecule has 0 saturated heterocycles. The summed E-state index contributed by atoms with van der Waals surface area (Å²) in [5, 5.41) is 11.8. The number of fused-ring (bicyclic) bond motifs is 1. The fraction of sp³-hybridized carbons (Fsp3) is 0.0625. The van der Waals surface area contributed by atoms with E-state index in [0.29, 0.717) is 3.57 Å². The molecule has 0 radical (unpaired) electrons. The van der Waals surface area contributed by atoms with Crippen molar-refractivity contribution in [3.63, 3.8) is 0 Å². The third kappa shape index (κ3) is 4.13. The zero-order valence-electron chi connectivity index (χ0n) is 13.1. The number of anilines is 1. The lowest BCUT2D eigenvalue weighted by Crippen LogP contribution is -2.21. The first-order valence-electron chi connectivity index (χ1n) is 7.15. The topological polar surface area (TPSA) is 88.5 Å². The lowest BCUT2D eigenvalue weighted by Gasteiger charge is -2.06. The van der Waals surface area contributed by atoms with E-state index in [4.69, 9.17) is 4.74 Å². The Bertz CT molecular complexity index is 1070. The first-order valence-corrected chi connectivity index (χ1v) is 9.05. The van der Waals surface area contributed by atoms with Gasteiger partial charge in [0.25, 0.3) is 5.91 Å². The van der Waals surface area contributed by atoms with E-state index < -0.39 is 41.5 Å². The number of halogens is 4. The molecule has 140 valence electrons. The fourth-order valence-electron chi connectivity index (χ4n) is 2.06. The smallest absolute Gasteiger partial charge is 0.342 e. The van der Waals surface area contributed by atoms with Gasteiger partial charge in [0.1, 0.15) is 16.8 Å². The minimum Gasteiger partial charge on any atom is -0.507 e. The van der Waals surface area contributed by atoms with Gasteiger partial charge in [0.15, 0.2) is 29.2 Å². The van der Waals surface area contributed by atoms with E-state index in [9.17, 15) is 27.9 Å². The van der Waals surface area contributed by atoms with Crippen LogP contribution >= 0.6 is 33.9 Å². The summed E-state index contributed by atoms with van der Waals surface area (Å²) in [7, 11) is 0. The van der Waals surface area contributed by atoms with Gasteiger partial charge in [-0.15, -0.1) is 0 Å². The van der Waals surface area contributed by atoms with Crippen molar-refractivity contribution in [2.24, 2.45) is 0 Å². The molecule has 0 unspecified atom stereocenters. The highest BCUT2D eigenvalue weighted by atomic mass is 127. The summed E-state index contributed by atoms with van der Waals surface area (Å²) in [6.07, 6.45) is 0. The molecule has 27 heavy (non-hydrogen) atoms. The Morgan fingerprint density at radius 2 is 1.96 bits per heavy atom. The van der Waals surface area contributed by atoms with Gasteiger partial charge in [-0.25, -0.2) is 22.9 Å². The summed E-state index contributed by atoms with van der Waals surface area (Å²) in [5.41, 5.74) is -0.530. The summed E-state index contributed by atoms with van der Waals surface area (Å²) in [5.74, 6) is -6.49. The molecule has 3 rings (SSSR count). The van der Waals surface area contributed by atoms with Gasteiger partial charge in [-0.3, -0.25) is 10.1 Å². The SMILES string of the molecule is O=C(COC(=O)c1cc(I)ccc1O)Nc1nc2c(F)c(F)c(F)cc2s1. The minimum absolute atomic E-state index is 0.00229. The first kappa shape index (κ1) is 19.4. The quantitative estimate of drug-likeness (QED) is 0.318. The van der Waals surface area contributed by atoms with Gasteiger partial charge in [0.05, 0.1) is 4.70 Å². The number of benzene rings is 2. The van der Waals surface area contributed by atoms with Crippen LogP contribution in [0.3, 0.4) is 0 Å². The first-order chi connectivity index (χ1) is 12.8. The number of nitrogens with one attached hydrogen (secondary N) is 1. The van der Waals surface area contributed by atoms with Gasteiger partial charge in [-0.05, 0) is 46.9 Å². The predicted octanol–water partition coefficient (Wildman–Crippen LogP) is 3.82. The van der Waals surface area contributed by atoms with Crippen LogP contribution in [0.1, 0.15) is 10.4 Å². The van der Waals surface area contributed by atoms with Crippen LogP contribution < -0.4 is 5.32 Å². The van der Waals surface area contributed by atoms with Crippen LogP contribution in [0.2, 0.25) is 0 Å². The molecule has 0 bridgehead atoms. The number of phenolic OH excluding ortho intramolecular Hbond substituents is 1. The van der Waals surface area contributed by atoms with Crippen LogP contribution in [0.4, 0.5) is 18.3 Å². The van der Waals surface area contributed by atoms with Gasteiger partial charge in [-0.1, -0.05) is 11.3 Å². The predicted molar refractivity (Wildman–Crippen MR) is 99.2 cm³/mol. The molecule has 6 nitrogen and oxygen atoms in total. The highest BCUT2D eigenvalue weighted by molar-refractivity contribution is 14.1. The number of hydrogen-bond acceptors (Lipinski definition) is 6. The number of nitrogens with zero attached hydrogens (tertiary/aromatic N) is 1. The Morgan fingerprint density at radius 1 is 1.22 bits per heavy atom. The molecule has 0 saturated carbocycles. The van der Waals surface area contributed by atoms with Gasteiger partial charge in [0, 0.05) is 3.57 Å². The zero-order valence-corrected chi connectivity index (χ0v) is 16.0. The van der Waals surface area contributed by atoms with Crippen LogP contribution in [0.15, 0.2) is 24.3 Å². The second-order valence-corrected chi connectivity index (χ2v) is 7.41. The third-order valence-electron chi connectivity index (χ3n) is 3.28. The Kier molecular flexibility index (Phi) is 5.51. The molecule has 3 aromatic rings. The van der Waals surface area contributed by atoms with Crippen LogP contribution in [-0.4, -0.2) is 28.6 Å². The Balaban J connectivity index is 1.67. The molecule has 2 aromatic carbocycles. The van der Waals surface area contributed by atoms with Crippen molar-refractivity contribution in [3.05, 3.63) is 50.9 Å². The van der Waals surface area contributed by atoms with Crippen molar-refractivity contribution < 1.29 is 32.6 Å². The van der Waals surface area contributed by atoms with Crippen LogP contribution in [0, 0.1) is 21.0 Å². The van der Waals surface area contributed by atoms with E-state index in [2.05, 4.69) is 10.3 Å². The maximum absolute atomic E-state index is 13.6. The number of aromatic nitrogens is 1. The number of carbonyl (C=O) groups is 2. The molecular weight excluding hydrogens is 500 g/mol. The second kappa shape index (κ2) is 7.68. The lowest BCUT2D eigenvalue weighted by atomic mass is 10.2. The standard InChI is InChI=1S/C16H8F3IN2O4S/c17-8-4-10-14(13(19)12(8)18)22-16(27-10)21-11(24)5-26-15(25)7-3-6(20)1-2-9(7)23/h1-4,23H,5H2,(H,21,22,24). The molecule has 0 fully saturated rings. The normalized spacial score (nSPS) is 10.8. The largest absolute Gasteiger partial charge is 0.507 e. The van der Waals surface area contributed by atoms with Crippen LogP contribution in [0.25, 0.3) is 10.2 Å². The minimum atomic E-state index is -1.66. The van der Waals surface area contributed by atoms with Crippen LogP contribution in [0.5, 0.6) is 5.75 Å². The summed E-state index contributed by atoms with van der Waals surface area (Å²) in [6, 6.07) is 5.04. The van der Waals surface area contributed by atoms with Gasteiger partial charge < -0.3 is 9.84 Å². The van der Waals surface area contributed by atoms with Gasteiger partial charge in [-0.2, -0.15) is 0 Å². The van der Waals surface area contributed by atoms with Crippen molar-refractivity contribution in [3.8, 4) is 5.75 Å². The fourth-order valence-corrected chi connectivity index (χ4v) is 3.46. The molecule has 0 spiro atoms. The number of thiazole rings is 1. The number of rotatable bonds is 4. The highest BCUT2D eigenvalue weighted by Gasteiger charge is 2.19. The number of aromatic hydroxyl groups is 1. The Morgan fingerprint density at radius 3 is 2.70 bits per heavy atom.